The SMILES string of the molecule is C[C@H]1O[C@H](OC2(O)CCCC(O)(O)C2(O)O)[C@@H](N)C[C@@H]1NC(=N)C(=O)O.Cl.O. The molecule has 0 aromatic carbocycles. The van der Waals surface area contributed by atoms with Crippen molar-refractivity contribution in [1.29, 1.82) is 5.41 Å². The van der Waals surface area contributed by atoms with E-state index in [9.17, 15) is 30.3 Å². The lowest BCUT2D eigenvalue weighted by Gasteiger charge is -2.51. The average molecular weight is 434 g/mol. The van der Waals surface area contributed by atoms with E-state index < -0.39 is 53.6 Å². The highest BCUT2D eigenvalue weighted by atomic mass is 35.5. The molecule has 28 heavy (non-hydrogen) atoms. The second-order valence-electron chi connectivity index (χ2n) is 6.78. The Morgan fingerprint density at radius 2 is 1.82 bits per heavy atom. The second-order valence-corrected chi connectivity index (χ2v) is 6.78. The normalized spacial score (nSPS) is 36.4. The first-order valence-corrected chi connectivity index (χ1v) is 8.10. The van der Waals surface area contributed by atoms with Crippen molar-refractivity contribution in [3.63, 3.8) is 0 Å². The van der Waals surface area contributed by atoms with Crippen molar-refractivity contribution in [3.8, 4) is 0 Å². The summed E-state index contributed by atoms with van der Waals surface area (Å²) in [5.74, 6) is -11.3. The number of aliphatic hydroxyl groups is 5. The molecule has 12 N–H and O–H groups in total. The molecule has 2 fully saturated rings. The zero-order valence-corrected chi connectivity index (χ0v) is 15.8. The standard InChI is InChI=1S/C14H25N3O9.ClH.H2O/c1-6-8(17-9(16)10(18)19)5-7(15)11(25-6)26-13(22)4-2-3-12(20,21)14(13,23)24;;/h6-8,11,20-24H,2-5,15H2,1H3,(H2,16,17)(H,18,19);1H;1H2/t6-,7+,8+,11-,13?;;/m1../s1. The van der Waals surface area contributed by atoms with Gasteiger partial charge >= 0.3 is 5.97 Å². The monoisotopic (exact) mass is 433 g/mol. The van der Waals surface area contributed by atoms with Crippen LogP contribution in [0.25, 0.3) is 0 Å². The Balaban J connectivity index is 0.00000364. The highest BCUT2D eigenvalue weighted by molar-refractivity contribution is 6.33. The van der Waals surface area contributed by atoms with Crippen molar-refractivity contribution >= 4 is 24.2 Å². The van der Waals surface area contributed by atoms with E-state index in [1.54, 1.807) is 6.92 Å². The van der Waals surface area contributed by atoms with Gasteiger partial charge in [0.05, 0.1) is 18.2 Å². The summed E-state index contributed by atoms with van der Waals surface area (Å²) in [4.78, 5) is 10.7. The largest absolute Gasteiger partial charge is 0.475 e. The number of rotatable bonds is 3. The lowest BCUT2D eigenvalue weighted by molar-refractivity contribution is -0.491. The fourth-order valence-electron chi connectivity index (χ4n) is 3.11. The molecule has 0 amide bonds. The molecule has 5 atom stereocenters. The smallest absolute Gasteiger partial charge is 0.370 e. The molecular weight excluding hydrogens is 406 g/mol. The van der Waals surface area contributed by atoms with E-state index in [-0.39, 0.29) is 43.6 Å². The first kappa shape index (κ1) is 26.9. The van der Waals surface area contributed by atoms with Crippen LogP contribution in [-0.4, -0.2) is 89.8 Å². The number of carbonyl (C=O) groups is 1. The number of carboxylic acid groups (broad SMARTS) is 1. The number of amidine groups is 1. The molecule has 0 spiro atoms. The summed E-state index contributed by atoms with van der Waals surface area (Å²) in [6.07, 6.45) is -2.61. The lowest BCUT2D eigenvalue weighted by atomic mass is 9.82. The minimum absolute atomic E-state index is 0. The van der Waals surface area contributed by atoms with Crippen LogP contribution in [-0.2, 0) is 14.3 Å². The third-order valence-electron chi connectivity index (χ3n) is 4.79. The predicted molar refractivity (Wildman–Crippen MR) is 94.3 cm³/mol. The van der Waals surface area contributed by atoms with Crippen LogP contribution in [0.15, 0.2) is 0 Å². The predicted octanol–water partition coefficient (Wildman–Crippen LogP) is -3.68. The molecule has 1 saturated carbocycles. The number of hydrogen-bond donors (Lipinski definition) is 9. The first-order valence-electron chi connectivity index (χ1n) is 8.10. The van der Waals surface area contributed by atoms with Gasteiger partial charge in [0.15, 0.2) is 6.29 Å². The van der Waals surface area contributed by atoms with E-state index in [0.717, 1.165) is 0 Å². The van der Waals surface area contributed by atoms with Gasteiger partial charge in [-0.1, -0.05) is 0 Å². The Kier molecular flexibility index (Phi) is 8.76. The van der Waals surface area contributed by atoms with Crippen molar-refractivity contribution in [2.45, 2.75) is 74.4 Å². The molecule has 166 valence electrons. The highest BCUT2D eigenvalue weighted by Gasteiger charge is 2.66. The van der Waals surface area contributed by atoms with Crippen LogP contribution in [0.4, 0.5) is 0 Å². The van der Waals surface area contributed by atoms with Crippen LogP contribution < -0.4 is 11.1 Å². The van der Waals surface area contributed by atoms with Gasteiger partial charge in [0.2, 0.25) is 17.4 Å². The number of nitrogens with two attached hydrogens (primary N) is 1. The Bertz CT molecular complexity index is 578. The molecule has 1 heterocycles. The van der Waals surface area contributed by atoms with Gasteiger partial charge in [-0.3, -0.25) is 5.41 Å². The Morgan fingerprint density at radius 3 is 2.36 bits per heavy atom. The van der Waals surface area contributed by atoms with Crippen molar-refractivity contribution in [2.75, 3.05) is 0 Å². The fourth-order valence-corrected chi connectivity index (χ4v) is 3.11. The molecule has 1 aliphatic heterocycles. The molecule has 13 nitrogen and oxygen atoms in total. The lowest BCUT2D eigenvalue weighted by Crippen LogP contribution is -2.73. The molecule has 1 saturated heterocycles. The van der Waals surface area contributed by atoms with Crippen LogP contribution in [0.3, 0.4) is 0 Å². The fraction of sp³-hybridized carbons (Fsp3) is 0.857. The van der Waals surface area contributed by atoms with E-state index in [2.05, 4.69) is 5.32 Å². The molecule has 0 bridgehead atoms. The summed E-state index contributed by atoms with van der Waals surface area (Å²) >= 11 is 0. The quantitative estimate of drug-likeness (QED) is 0.119. The van der Waals surface area contributed by atoms with Crippen LogP contribution in [0.2, 0.25) is 0 Å². The summed E-state index contributed by atoms with van der Waals surface area (Å²) in [6.45, 7) is 1.55. The highest BCUT2D eigenvalue weighted by Crippen LogP contribution is 2.43. The van der Waals surface area contributed by atoms with Crippen LogP contribution >= 0.6 is 12.4 Å². The Morgan fingerprint density at radius 1 is 1.25 bits per heavy atom. The third kappa shape index (κ3) is 4.88. The maximum Gasteiger partial charge on any atom is 0.370 e. The van der Waals surface area contributed by atoms with Gasteiger partial charge in [-0.25, -0.2) is 4.79 Å². The number of aliphatic carboxylic acids is 1. The zero-order chi connectivity index (χ0) is 19.9. The van der Waals surface area contributed by atoms with Gasteiger partial charge in [0.1, 0.15) is 0 Å². The number of carboxylic acids is 1. The summed E-state index contributed by atoms with van der Waals surface area (Å²) in [6, 6.07) is -1.56. The Hall–Kier alpha value is -1.13. The van der Waals surface area contributed by atoms with Gasteiger partial charge in [-0.2, -0.15) is 0 Å². The van der Waals surface area contributed by atoms with Crippen LogP contribution in [0.1, 0.15) is 32.6 Å². The van der Waals surface area contributed by atoms with E-state index >= 15 is 0 Å². The zero-order valence-electron chi connectivity index (χ0n) is 15.0. The van der Waals surface area contributed by atoms with Gasteiger partial charge < -0.3 is 56.6 Å². The topological polar surface area (TPSA) is 250 Å². The number of halogens is 1. The van der Waals surface area contributed by atoms with Crippen molar-refractivity contribution < 1.29 is 50.4 Å². The maximum absolute atomic E-state index is 10.7. The van der Waals surface area contributed by atoms with Gasteiger partial charge in [-0.05, 0) is 19.8 Å². The summed E-state index contributed by atoms with van der Waals surface area (Å²) in [5.41, 5.74) is 5.91. The van der Waals surface area contributed by atoms with Crippen molar-refractivity contribution in [3.05, 3.63) is 0 Å². The first-order chi connectivity index (χ1) is 11.8. The number of ether oxygens (including phenoxy) is 2. The number of hydrogen-bond acceptors (Lipinski definition) is 10. The van der Waals surface area contributed by atoms with E-state index in [0.29, 0.717) is 0 Å². The maximum atomic E-state index is 10.7. The molecule has 14 heteroatoms. The molecule has 0 aromatic heterocycles. The van der Waals surface area contributed by atoms with E-state index in [1.165, 1.54) is 0 Å². The molecule has 2 aliphatic rings. The van der Waals surface area contributed by atoms with Crippen LogP contribution in [0.5, 0.6) is 0 Å². The summed E-state index contributed by atoms with van der Waals surface area (Å²) < 4.78 is 10.7. The van der Waals surface area contributed by atoms with Crippen molar-refractivity contribution in [1.82, 2.24) is 5.32 Å². The third-order valence-corrected chi connectivity index (χ3v) is 4.79. The van der Waals surface area contributed by atoms with E-state index in [4.69, 9.17) is 25.7 Å². The van der Waals surface area contributed by atoms with Crippen molar-refractivity contribution in [2.24, 2.45) is 5.73 Å². The number of nitrogens with one attached hydrogen (secondary N) is 2. The van der Waals surface area contributed by atoms with E-state index in [1.807, 2.05) is 0 Å². The van der Waals surface area contributed by atoms with Gasteiger partial charge in [0.25, 0.3) is 5.79 Å². The minimum atomic E-state index is -3.38. The molecule has 0 aromatic rings. The molecule has 1 unspecified atom stereocenters. The molecule has 2 rings (SSSR count). The van der Waals surface area contributed by atoms with Gasteiger partial charge in [0, 0.05) is 12.8 Å². The summed E-state index contributed by atoms with van der Waals surface area (Å²) in [5, 5.41) is 68.5. The minimum Gasteiger partial charge on any atom is -0.475 e. The molecule has 1 aliphatic carbocycles. The second kappa shape index (κ2) is 9.13. The summed E-state index contributed by atoms with van der Waals surface area (Å²) in [7, 11) is 0. The molecular formula is C14H28ClN3O10. The average Bonchev–Trinajstić information content (AvgIpc) is 2.50. The van der Waals surface area contributed by atoms with Gasteiger partial charge in [-0.15, -0.1) is 12.4 Å². The van der Waals surface area contributed by atoms with Crippen LogP contribution in [0, 0.1) is 5.41 Å². The Labute approximate surface area is 166 Å². The molecule has 0 radical (unpaired) electrons.